The molecule has 4 nitrogen and oxygen atoms in total. The third-order valence-electron chi connectivity index (χ3n) is 3.97. The highest BCUT2D eigenvalue weighted by Crippen LogP contribution is 2.25. The Morgan fingerprint density at radius 3 is 3.00 bits per heavy atom. The molecule has 110 valence electrons. The van der Waals surface area contributed by atoms with Gasteiger partial charge < -0.3 is 5.11 Å². The zero-order chi connectivity index (χ0) is 14.5. The highest BCUT2D eigenvalue weighted by atomic mass is 79.9. The number of hydrogen-bond acceptors (Lipinski definition) is 3. The van der Waals surface area contributed by atoms with Crippen molar-refractivity contribution in [3.8, 4) is 0 Å². The summed E-state index contributed by atoms with van der Waals surface area (Å²) >= 11 is 3.34. The van der Waals surface area contributed by atoms with Crippen LogP contribution in [0.25, 0.3) is 0 Å². The van der Waals surface area contributed by atoms with Gasteiger partial charge in [-0.1, -0.05) is 19.4 Å². The van der Waals surface area contributed by atoms with Crippen LogP contribution in [0.2, 0.25) is 0 Å². The summed E-state index contributed by atoms with van der Waals surface area (Å²) in [7, 11) is 0. The van der Waals surface area contributed by atoms with Crippen LogP contribution >= 0.6 is 15.9 Å². The highest BCUT2D eigenvalue weighted by Gasteiger charge is 2.26. The Morgan fingerprint density at radius 1 is 1.55 bits per heavy atom. The van der Waals surface area contributed by atoms with E-state index in [0.29, 0.717) is 6.04 Å². The monoisotopic (exact) mass is 340 g/mol. The molecule has 0 saturated carbocycles. The molecule has 2 heterocycles. The molecule has 1 fully saturated rings. The van der Waals surface area contributed by atoms with Crippen molar-refractivity contribution in [2.24, 2.45) is 5.92 Å². The summed E-state index contributed by atoms with van der Waals surface area (Å²) in [4.78, 5) is 17.7. The largest absolute Gasteiger partial charge is 0.481 e. The van der Waals surface area contributed by atoms with E-state index in [2.05, 4.69) is 31.9 Å². The van der Waals surface area contributed by atoms with Gasteiger partial charge in [0.25, 0.3) is 0 Å². The number of aliphatic carboxylic acids is 1. The molecular weight excluding hydrogens is 320 g/mol. The SMILES string of the molecule is CC(CC1CCCCN1Cc1ccc(Br)nc1)C(=O)O. The normalized spacial score (nSPS) is 21.6. The maximum atomic E-state index is 11.0. The number of nitrogens with zero attached hydrogens (tertiary/aromatic N) is 2. The molecule has 1 aromatic heterocycles. The van der Waals surface area contributed by atoms with Gasteiger partial charge in [0.1, 0.15) is 4.60 Å². The minimum absolute atomic E-state index is 0.274. The predicted octanol–water partition coefficient (Wildman–Crippen LogP) is 3.31. The number of piperidine rings is 1. The summed E-state index contributed by atoms with van der Waals surface area (Å²) in [5, 5.41) is 9.09. The fraction of sp³-hybridized carbons (Fsp3) is 0.600. The minimum Gasteiger partial charge on any atom is -0.481 e. The molecule has 0 amide bonds. The number of carboxylic acid groups (broad SMARTS) is 1. The molecule has 0 bridgehead atoms. The minimum atomic E-state index is -0.694. The van der Waals surface area contributed by atoms with Crippen molar-refractivity contribution >= 4 is 21.9 Å². The molecule has 1 N–H and O–H groups in total. The third-order valence-corrected chi connectivity index (χ3v) is 4.44. The lowest BCUT2D eigenvalue weighted by Gasteiger charge is -2.36. The van der Waals surface area contributed by atoms with Gasteiger partial charge in [-0.15, -0.1) is 0 Å². The molecule has 0 aromatic carbocycles. The van der Waals surface area contributed by atoms with Crippen molar-refractivity contribution in [1.82, 2.24) is 9.88 Å². The molecule has 1 aromatic rings. The standard InChI is InChI=1S/C15H21BrN2O2/c1-11(15(19)20)8-13-4-2-3-7-18(13)10-12-5-6-14(16)17-9-12/h5-6,9,11,13H,2-4,7-8,10H2,1H3,(H,19,20). The van der Waals surface area contributed by atoms with Crippen molar-refractivity contribution in [2.45, 2.75) is 45.2 Å². The van der Waals surface area contributed by atoms with Crippen LogP contribution in [0.15, 0.2) is 22.9 Å². The number of likely N-dealkylation sites (tertiary alicyclic amines) is 1. The highest BCUT2D eigenvalue weighted by molar-refractivity contribution is 9.10. The molecule has 5 heteroatoms. The van der Waals surface area contributed by atoms with Crippen molar-refractivity contribution in [3.05, 3.63) is 28.5 Å². The Labute approximate surface area is 128 Å². The molecular formula is C15H21BrN2O2. The van der Waals surface area contributed by atoms with E-state index in [0.717, 1.165) is 30.5 Å². The van der Waals surface area contributed by atoms with Gasteiger partial charge in [-0.05, 0) is 53.4 Å². The van der Waals surface area contributed by atoms with Crippen LogP contribution in [0, 0.1) is 5.92 Å². The molecule has 0 spiro atoms. The lowest BCUT2D eigenvalue weighted by Crippen LogP contribution is -2.40. The topological polar surface area (TPSA) is 53.4 Å². The molecule has 20 heavy (non-hydrogen) atoms. The number of hydrogen-bond donors (Lipinski definition) is 1. The van der Waals surface area contributed by atoms with Gasteiger partial charge in [0.05, 0.1) is 5.92 Å². The average molecular weight is 341 g/mol. The fourth-order valence-electron chi connectivity index (χ4n) is 2.78. The second-order valence-corrected chi connectivity index (χ2v) is 6.40. The maximum absolute atomic E-state index is 11.0. The van der Waals surface area contributed by atoms with E-state index in [-0.39, 0.29) is 5.92 Å². The summed E-state index contributed by atoms with van der Waals surface area (Å²) < 4.78 is 0.843. The van der Waals surface area contributed by atoms with Gasteiger partial charge in [-0.25, -0.2) is 4.98 Å². The van der Waals surface area contributed by atoms with E-state index in [1.165, 1.54) is 18.4 Å². The molecule has 1 aliphatic rings. The van der Waals surface area contributed by atoms with Gasteiger partial charge in [0.15, 0.2) is 0 Å². The van der Waals surface area contributed by atoms with Gasteiger partial charge >= 0.3 is 5.97 Å². The first-order chi connectivity index (χ1) is 9.56. The Balaban J connectivity index is 1.99. The summed E-state index contributed by atoms with van der Waals surface area (Å²) in [5.74, 6) is -0.968. The Kier molecular flexibility index (Phi) is 5.54. The lowest BCUT2D eigenvalue weighted by molar-refractivity contribution is -0.141. The summed E-state index contributed by atoms with van der Waals surface area (Å²) in [5.41, 5.74) is 1.18. The molecule has 2 rings (SSSR count). The van der Waals surface area contributed by atoms with Crippen LogP contribution in [0.1, 0.15) is 38.2 Å². The first-order valence-corrected chi connectivity index (χ1v) is 7.93. The van der Waals surface area contributed by atoms with Gasteiger partial charge in [-0.3, -0.25) is 9.69 Å². The zero-order valence-corrected chi connectivity index (χ0v) is 13.3. The third kappa shape index (κ3) is 4.28. The van der Waals surface area contributed by atoms with Gasteiger partial charge in [0, 0.05) is 18.8 Å². The van der Waals surface area contributed by atoms with Crippen molar-refractivity contribution < 1.29 is 9.90 Å². The summed E-state index contributed by atoms with van der Waals surface area (Å²) in [6.07, 6.45) is 6.12. The molecule has 2 atom stereocenters. The van der Waals surface area contributed by atoms with Crippen molar-refractivity contribution in [3.63, 3.8) is 0 Å². The average Bonchev–Trinajstić information content (AvgIpc) is 2.43. The Bertz CT molecular complexity index is 450. The first kappa shape index (κ1) is 15.4. The zero-order valence-electron chi connectivity index (χ0n) is 11.8. The van der Waals surface area contributed by atoms with E-state index in [9.17, 15) is 4.79 Å². The first-order valence-electron chi connectivity index (χ1n) is 7.13. The second-order valence-electron chi connectivity index (χ2n) is 5.58. The molecule has 0 radical (unpaired) electrons. The number of carbonyl (C=O) groups is 1. The maximum Gasteiger partial charge on any atom is 0.306 e. The molecule has 0 aliphatic carbocycles. The lowest BCUT2D eigenvalue weighted by atomic mass is 9.93. The van der Waals surface area contributed by atoms with Crippen LogP contribution in [0.3, 0.4) is 0 Å². The predicted molar refractivity (Wildman–Crippen MR) is 81.4 cm³/mol. The van der Waals surface area contributed by atoms with E-state index >= 15 is 0 Å². The van der Waals surface area contributed by atoms with Crippen LogP contribution in [-0.4, -0.2) is 33.5 Å². The van der Waals surface area contributed by atoms with Crippen molar-refractivity contribution in [2.75, 3.05) is 6.54 Å². The summed E-state index contributed by atoms with van der Waals surface area (Å²) in [6, 6.07) is 4.40. The Hall–Kier alpha value is -0.940. The van der Waals surface area contributed by atoms with E-state index < -0.39 is 5.97 Å². The number of pyridine rings is 1. The number of halogens is 1. The van der Waals surface area contributed by atoms with Crippen LogP contribution < -0.4 is 0 Å². The number of aromatic nitrogens is 1. The molecule has 1 saturated heterocycles. The van der Waals surface area contributed by atoms with E-state index in [1.807, 2.05) is 12.3 Å². The van der Waals surface area contributed by atoms with Crippen molar-refractivity contribution in [1.29, 1.82) is 0 Å². The van der Waals surface area contributed by atoms with Crippen LogP contribution in [0.4, 0.5) is 0 Å². The summed E-state index contributed by atoms with van der Waals surface area (Å²) in [6.45, 7) is 3.71. The van der Waals surface area contributed by atoms with Crippen LogP contribution in [-0.2, 0) is 11.3 Å². The smallest absolute Gasteiger partial charge is 0.306 e. The van der Waals surface area contributed by atoms with E-state index in [4.69, 9.17) is 5.11 Å². The van der Waals surface area contributed by atoms with Gasteiger partial charge in [-0.2, -0.15) is 0 Å². The molecule has 2 unspecified atom stereocenters. The quantitative estimate of drug-likeness (QED) is 0.835. The number of carboxylic acids is 1. The second kappa shape index (κ2) is 7.18. The number of rotatable bonds is 5. The fourth-order valence-corrected chi connectivity index (χ4v) is 3.01. The van der Waals surface area contributed by atoms with Gasteiger partial charge in [0.2, 0.25) is 0 Å². The van der Waals surface area contributed by atoms with E-state index in [1.54, 1.807) is 6.92 Å². The van der Waals surface area contributed by atoms with Crippen LogP contribution in [0.5, 0.6) is 0 Å². The molecule has 1 aliphatic heterocycles. The Morgan fingerprint density at radius 2 is 2.35 bits per heavy atom.